The first-order chi connectivity index (χ1) is 9.77. The Hall–Kier alpha value is -1.12. The van der Waals surface area contributed by atoms with Gasteiger partial charge < -0.3 is 4.74 Å². The Kier molecular flexibility index (Phi) is 3.95. The molecule has 0 bridgehead atoms. The second-order valence-electron chi connectivity index (χ2n) is 5.46. The maximum absolute atomic E-state index is 6.19. The first-order valence-electron chi connectivity index (χ1n) is 7.10. The van der Waals surface area contributed by atoms with E-state index in [1.807, 2.05) is 0 Å². The predicted octanol–water partition coefficient (Wildman–Crippen LogP) is 4.55. The van der Waals surface area contributed by atoms with Crippen molar-refractivity contribution < 1.29 is 4.74 Å². The highest BCUT2D eigenvalue weighted by Gasteiger charge is 2.48. The normalized spacial score (nSPS) is 24.7. The summed E-state index contributed by atoms with van der Waals surface area (Å²) < 4.78 is 6.19. The van der Waals surface area contributed by atoms with E-state index in [0.29, 0.717) is 0 Å². The summed E-state index contributed by atoms with van der Waals surface area (Å²) >= 11 is 3.58. The van der Waals surface area contributed by atoms with E-state index in [1.165, 1.54) is 11.1 Å². The molecule has 0 spiro atoms. The molecule has 0 saturated carbocycles. The third kappa shape index (κ3) is 2.21. The average molecular weight is 331 g/mol. The lowest BCUT2D eigenvalue weighted by Gasteiger charge is -2.33. The second-order valence-corrected chi connectivity index (χ2v) is 6.11. The molecule has 0 aromatic heterocycles. The molecular formula is C18H19BrO. The number of ether oxygens (including phenoxy) is 1. The van der Waals surface area contributed by atoms with E-state index in [9.17, 15) is 0 Å². The fourth-order valence-corrected chi connectivity index (χ4v) is 3.79. The molecule has 1 heterocycles. The summed E-state index contributed by atoms with van der Waals surface area (Å²) in [6.07, 6.45) is 1.47. The zero-order valence-electron chi connectivity index (χ0n) is 11.6. The van der Waals surface area contributed by atoms with Gasteiger partial charge in [-0.2, -0.15) is 0 Å². The van der Waals surface area contributed by atoms with Gasteiger partial charge in [-0.25, -0.2) is 0 Å². The Labute approximate surface area is 129 Å². The van der Waals surface area contributed by atoms with Crippen molar-refractivity contribution in [2.45, 2.75) is 31.0 Å². The van der Waals surface area contributed by atoms with Crippen LogP contribution in [-0.4, -0.2) is 17.5 Å². The van der Waals surface area contributed by atoms with Crippen molar-refractivity contribution in [3.63, 3.8) is 0 Å². The maximum Gasteiger partial charge on any atom is 0.0689 e. The SMILES string of the molecule is C[C@@H]1O[C@@H](CBr)CC1(c1ccccc1)c1ccccc1. The summed E-state index contributed by atoms with van der Waals surface area (Å²) in [5, 5.41) is 0.888. The molecule has 1 aliphatic heterocycles. The van der Waals surface area contributed by atoms with Crippen molar-refractivity contribution in [1.29, 1.82) is 0 Å². The van der Waals surface area contributed by atoms with Gasteiger partial charge in [0.05, 0.1) is 12.2 Å². The Morgan fingerprint density at radius 1 is 1.00 bits per heavy atom. The van der Waals surface area contributed by atoms with E-state index in [0.717, 1.165) is 11.8 Å². The van der Waals surface area contributed by atoms with Gasteiger partial charge in [-0.15, -0.1) is 0 Å². The van der Waals surface area contributed by atoms with Gasteiger partial charge in [-0.05, 0) is 24.5 Å². The summed E-state index contributed by atoms with van der Waals surface area (Å²) in [5.41, 5.74) is 2.66. The lowest BCUT2D eigenvalue weighted by molar-refractivity contribution is 0.0576. The smallest absolute Gasteiger partial charge is 0.0689 e. The zero-order valence-corrected chi connectivity index (χ0v) is 13.2. The minimum atomic E-state index is -0.0407. The quantitative estimate of drug-likeness (QED) is 0.750. The molecular weight excluding hydrogens is 312 g/mol. The van der Waals surface area contributed by atoms with E-state index in [4.69, 9.17) is 4.74 Å². The van der Waals surface area contributed by atoms with E-state index in [2.05, 4.69) is 83.5 Å². The molecule has 20 heavy (non-hydrogen) atoms. The number of halogens is 1. The average Bonchev–Trinajstić information content (AvgIpc) is 2.87. The lowest BCUT2D eigenvalue weighted by Crippen LogP contribution is -2.34. The van der Waals surface area contributed by atoms with Crippen molar-refractivity contribution in [3.8, 4) is 0 Å². The van der Waals surface area contributed by atoms with Crippen LogP contribution in [0.1, 0.15) is 24.5 Å². The van der Waals surface area contributed by atoms with Gasteiger partial charge in [0.15, 0.2) is 0 Å². The van der Waals surface area contributed by atoms with Gasteiger partial charge in [-0.1, -0.05) is 76.6 Å². The van der Waals surface area contributed by atoms with E-state index in [1.54, 1.807) is 0 Å². The standard InChI is InChI=1S/C18H19BrO/c1-14-18(12-17(13-19)20-14,15-8-4-2-5-9-15)16-10-6-3-7-11-16/h2-11,14,17H,12-13H2,1H3/t14-,17+/m0/s1. The summed E-state index contributed by atoms with van der Waals surface area (Å²) in [7, 11) is 0. The molecule has 1 fully saturated rings. The fraction of sp³-hybridized carbons (Fsp3) is 0.333. The molecule has 0 radical (unpaired) electrons. The van der Waals surface area contributed by atoms with Crippen LogP contribution in [0, 0.1) is 0 Å². The highest BCUT2D eigenvalue weighted by Crippen LogP contribution is 2.46. The highest BCUT2D eigenvalue weighted by atomic mass is 79.9. The first kappa shape index (κ1) is 13.8. The van der Waals surface area contributed by atoms with E-state index < -0.39 is 0 Å². The van der Waals surface area contributed by atoms with Crippen LogP contribution in [0.2, 0.25) is 0 Å². The molecule has 1 nitrogen and oxygen atoms in total. The van der Waals surface area contributed by atoms with Gasteiger partial charge >= 0.3 is 0 Å². The van der Waals surface area contributed by atoms with Crippen LogP contribution in [0.3, 0.4) is 0 Å². The molecule has 104 valence electrons. The van der Waals surface area contributed by atoms with Gasteiger partial charge in [0.25, 0.3) is 0 Å². The Morgan fingerprint density at radius 2 is 1.50 bits per heavy atom. The predicted molar refractivity (Wildman–Crippen MR) is 86.4 cm³/mol. The van der Waals surface area contributed by atoms with Crippen molar-refractivity contribution in [3.05, 3.63) is 71.8 Å². The second kappa shape index (κ2) is 5.71. The van der Waals surface area contributed by atoms with Crippen molar-refractivity contribution >= 4 is 15.9 Å². The summed E-state index contributed by atoms with van der Waals surface area (Å²) in [4.78, 5) is 0. The monoisotopic (exact) mass is 330 g/mol. The molecule has 0 amide bonds. The van der Waals surface area contributed by atoms with Crippen LogP contribution < -0.4 is 0 Å². The maximum atomic E-state index is 6.19. The molecule has 1 aliphatic rings. The third-order valence-corrected chi connectivity index (χ3v) is 5.11. The number of hydrogen-bond donors (Lipinski definition) is 0. The van der Waals surface area contributed by atoms with Crippen LogP contribution in [0.5, 0.6) is 0 Å². The number of benzene rings is 2. The van der Waals surface area contributed by atoms with Crippen LogP contribution in [-0.2, 0) is 10.2 Å². The summed E-state index contributed by atoms with van der Waals surface area (Å²) in [6.45, 7) is 2.20. The van der Waals surface area contributed by atoms with Crippen molar-refractivity contribution in [1.82, 2.24) is 0 Å². The summed E-state index contributed by atoms with van der Waals surface area (Å²) in [5.74, 6) is 0. The van der Waals surface area contributed by atoms with Gasteiger partial charge in [0.1, 0.15) is 0 Å². The first-order valence-corrected chi connectivity index (χ1v) is 8.22. The van der Waals surface area contributed by atoms with Crippen LogP contribution >= 0.6 is 15.9 Å². The van der Waals surface area contributed by atoms with E-state index >= 15 is 0 Å². The topological polar surface area (TPSA) is 9.23 Å². The minimum absolute atomic E-state index is 0.0407. The molecule has 2 heteroatoms. The fourth-order valence-electron chi connectivity index (χ4n) is 3.41. The largest absolute Gasteiger partial charge is 0.373 e. The van der Waals surface area contributed by atoms with Gasteiger partial charge in [0.2, 0.25) is 0 Å². The zero-order chi connectivity index (χ0) is 14.0. The number of alkyl halides is 1. The molecule has 0 N–H and O–H groups in total. The Balaban J connectivity index is 2.14. The molecule has 2 atom stereocenters. The molecule has 2 aromatic carbocycles. The number of rotatable bonds is 3. The van der Waals surface area contributed by atoms with Gasteiger partial charge in [-0.3, -0.25) is 0 Å². The van der Waals surface area contributed by atoms with Crippen molar-refractivity contribution in [2.24, 2.45) is 0 Å². The summed E-state index contributed by atoms with van der Waals surface area (Å²) in [6, 6.07) is 21.5. The van der Waals surface area contributed by atoms with Crippen LogP contribution in [0.25, 0.3) is 0 Å². The number of hydrogen-bond acceptors (Lipinski definition) is 1. The minimum Gasteiger partial charge on any atom is -0.373 e. The Bertz CT molecular complexity index is 513. The third-order valence-electron chi connectivity index (χ3n) is 4.39. The van der Waals surface area contributed by atoms with Crippen LogP contribution in [0.4, 0.5) is 0 Å². The molecule has 0 unspecified atom stereocenters. The van der Waals surface area contributed by atoms with Crippen LogP contribution in [0.15, 0.2) is 60.7 Å². The molecule has 1 saturated heterocycles. The molecule has 3 rings (SSSR count). The molecule has 0 aliphatic carbocycles. The Morgan fingerprint density at radius 3 is 1.90 bits per heavy atom. The molecule has 2 aromatic rings. The lowest BCUT2D eigenvalue weighted by atomic mass is 9.69. The van der Waals surface area contributed by atoms with E-state index in [-0.39, 0.29) is 17.6 Å². The van der Waals surface area contributed by atoms with Crippen molar-refractivity contribution in [2.75, 3.05) is 5.33 Å². The highest BCUT2D eigenvalue weighted by molar-refractivity contribution is 9.09. The van der Waals surface area contributed by atoms with Gasteiger partial charge in [0, 0.05) is 10.7 Å².